The molecule has 3 rings (SSSR count). The SMILES string of the molecule is Cc1ccc(C(CNCc2ccccc2Cl)N2CCOCC2)cc1. The zero-order valence-electron chi connectivity index (χ0n) is 14.2. The number of hydrogen-bond donors (Lipinski definition) is 1. The van der Waals surface area contributed by atoms with E-state index >= 15 is 0 Å². The van der Waals surface area contributed by atoms with Gasteiger partial charge in [-0.15, -0.1) is 0 Å². The molecule has 1 atom stereocenters. The largest absolute Gasteiger partial charge is 0.379 e. The van der Waals surface area contributed by atoms with Crippen LogP contribution in [0.5, 0.6) is 0 Å². The van der Waals surface area contributed by atoms with Crippen molar-refractivity contribution < 1.29 is 4.74 Å². The van der Waals surface area contributed by atoms with Crippen LogP contribution in [0.25, 0.3) is 0 Å². The van der Waals surface area contributed by atoms with E-state index in [9.17, 15) is 0 Å². The Balaban J connectivity index is 1.67. The van der Waals surface area contributed by atoms with Gasteiger partial charge in [0.2, 0.25) is 0 Å². The predicted molar refractivity (Wildman–Crippen MR) is 99.5 cm³/mol. The summed E-state index contributed by atoms with van der Waals surface area (Å²) < 4.78 is 5.51. The average molecular weight is 345 g/mol. The molecule has 1 saturated heterocycles. The molecule has 1 unspecified atom stereocenters. The Labute approximate surface area is 149 Å². The predicted octanol–water partition coefficient (Wildman–Crippen LogP) is 3.81. The van der Waals surface area contributed by atoms with Gasteiger partial charge in [0.25, 0.3) is 0 Å². The second-order valence-electron chi connectivity index (χ2n) is 6.30. The number of nitrogens with zero attached hydrogens (tertiary/aromatic N) is 1. The van der Waals surface area contributed by atoms with Crippen molar-refractivity contribution in [3.05, 3.63) is 70.2 Å². The fourth-order valence-electron chi connectivity index (χ4n) is 3.12. The van der Waals surface area contributed by atoms with Gasteiger partial charge in [0.1, 0.15) is 0 Å². The zero-order valence-corrected chi connectivity index (χ0v) is 14.9. The van der Waals surface area contributed by atoms with E-state index in [4.69, 9.17) is 16.3 Å². The van der Waals surface area contributed by atoms with Crippen LogP contribution >= 0.6 is 11.6 Å². The lowest BCUT2D eigenvalue weighted by atomic mass is 10.0. The van der Waals surface area contributed by atoms with E-state index in [0.29, 0.717) is 6.04 Å². The van der Waals surface area contributed by atoms with Gasteiger partial charge >= 0.3 is 0 Å². The van der Waals surface area contributed by atoms with Crippen molar-refractivity contribution in [2.45, 2.75) is 19.5 Å². The first-order chi connectivity index (χ1) is 11.7. The van der Waals surface area contributed by atoms with Crippen LogP contribution in [0, 0.1) is 6.92 Å². The van der Waals surface area contributed by atoms with E-state index in [1.54, 1.807) is 0 Å². The first kappa shape index (κ1) is 17.4. The maximum atomic E-state index is 6.26. The Bertz CT molecular complexity index is 638. The van der Waals surface area contributed by atoms with E-state index < -0.39 is 0 Å². The van der Waals surface area contributed by atoms with Crippen LogP contribution in [0.4, 0.5) is 0 Å². The molecule has 3 nitrogen and oxygen atoms in total. The molecule has 1 aliphatic heterocycles. The van der Waals surface area contributed by atoms with Crippen LogP contribution in [0.3, 0.4) is 0 Å². The third kappa shape index (κ3) is 4.58. The number of aryl methyl sites for hydroxylation is 1. The lowest BCUT2D eigenvalue weighted by molar-refractivity contribution is 0.0161. The molecular weight excluding hydrogens is 320 g/mol. The molecule has 0 aromatic heterocycles. The minimum Gasteiger partial charge on any atom is -0.379 e. The van der Waals surface area contributed by atoms with E-state index in [1.165, 1.54) is 11.1 Å². The van der Waals surface area contributed by atoms with Gasteiger partial charge < -0.3 is 10.1 Å². The van der Waals surface area contributed by atoms with Crippen molar-refractivity contribution in [1.82, 2.24) is 10.2 Å². The maximum Gasteiger partial charge on any atom is 0.0594 e. The van der Waals surface area contributed by atoms with Crippen molar-refractivity contribution in [2.24, 2.45) is 0 Å². The Morgan fingerprint density at radius 3 is 2.50 bits per heavy atom. The fraction of sp³-hybridized carbons (Fsp3) is 0.400. The molecule has 1 heterocycles. The van der Waals surface area contributed by atoms with Crippen molar-refractivity contribution in [1.29, 1.82) is 0 Å². The Hall–Kier alpha value is -1.39. The standard InChI is InChI=1S/C20H25ClN2O/c1-16-6-8-17(9-7-16)20(23-10-12-24-13-11-23)15-22-14-18-4-2-3-5-19(18)21/h2-9,20,22H,10-15H2,1H3. The topological polar surface area (TPSA) is 24.5 Å². The van der Waals surface area contributed by atoms with Gasteiger partial charge in [-0.25, -0.2) is 0 Å². The molecule has 2 aromatic rings. The van der Waals surface area contributed by atoms with Gasteiger partial charge in [0.15, 0.2) is 0 Å². The maximum absolute atomic E-state index is 6.26. The summed E-state index contributed by atoms with van der Waals surface area (Å²) in [6.45, 7) is 7.39. The smallest absolute Gasteiger partial charge is 0.0594 e. The summed E-state index contributed by atoms with van der Waals surface area (Å²) in [7, 11) is 0. The Kier molecular flexibility index (Phi) is 6.27. The fourth-order valence-corrected chi connectivity index (χ4v) is 3.32. The second-order valence-corrected chi connectivity index (χ2v) is 6.70. The minimum atomic E-state index is 0.358. The van der Waals surface area contributed by atoms with Gasteiger partial charge in [-0.2, -0.15) is 0 Å². The molecular formula is C20H25ClN2O. The van der Waals surface area contributed by atoms with Gasteiger partial charge in [-0.05, 0) is 24.1 Å². The molecule has 0 amide bonds. The molecule has 0 spiro atoms. The van der Waals surface area contributed by atoms with Gasteiger partial charge in [-0.1, -0.05) is 59.6 Å². The number of rotatable bonds is 6. The van der Waals surface area contributed by atoms with Crippen LogP contribution in [-0.2, 0) is 11.3 Å². The van der Waals surface area contributed by atoms with E-state index in [1.807, 2.05) is 18.2 Å². The van der Waals surface area contributed by atoms with E-state index in [0.717, 1.165) is 50.0 Å². The third-order valence-corrected chi connectivity index (χ3v) is 4.93. The highest BCUT2D eigenvalue weighted by atomic mass is 35.5. The lowest BCUT2D eigenvalue weighted by Crippen LogP contribution is -2.42. The highest BCUT2D eigenvalue weighted by Crippen LogP contribution is 2.22. The monoisotopic (exact) mass is 344 g/mol. The van der Waals surface area contributed by atoms with Crippen molar-refractivity contribution in [3.63, 3.8) is 0 Å². The molecule has 0 radical (unpaired) electrons. The molecule has 1 N–H and O–H groups in total. The first-order valence-corrected chi connectivity index (χ1v) is 8.94. The number of morpholine rings is 1. The highest BCUT2D eigenvalue weighted by molar-refractivity contribution is 6.31. The van der Waals surface area contributed by atoms with Crippen molar-refractivity contribution in [2.75, 3.05) is 32.8 Å². The van der Waals surface area contributed by atoms with Crippen LogP contribution in [-0.4, -0.2) is 37.7 Å². The summed E-state index contributed by atoms with van der Waals surface area (Å²) in [5.74, 6) is 0. The number of halogens is 1. The Morgan fingerprint density at radius 2 is 1.79 bits per heavy atom. The Morgan fingerprint density at radius 1 is 1.08 bits per heavy atom. The second kappa shape index (κ2) is 8.63. The zero-order chi connectivity index (χ0) is 16.8. The number of ether oxygens (including phenoxy) is 1. The molecule has 4 heteroatoms. The van der Waals surface area contributed by atoms with Crippen molar-refractivity contribution in [3.8, 4) is 0 Å². The summed E-state index contributed by atoms with van der Waals surface area (Å²) in [6, 6.07) is 17.2. The highest BCUT2D eigenvalue weighted by Gasteiger charge is 2.22. The van der Waals surface area contributed by atoms with Crippen LogP contribution in [0.1, 0.15) is 22.7 Å². The molecule has 128 valence electrons. The number of nitrogens with one attached hydrogen (secondary N) is 1. The first-order valence-electron chi connectivity index (χ1n) is 8.56. The quantitative estimate of drug-likeness (QED) is 0.862. The summed E-state index contributed by atoms with van der Waals surface area (Å²) in [5.41, 5.74) is 3.79. The van der Waals surface area contributed by atoms with Crippen LogP contribution in [0.15, 0.2) is 48.5 Å². The number of hydrogen-bond acceptors (Lipinski definition) is 3. The van der Waals surface area contributed by atoms with Crippen LogP contribution in [0.2, 0.25) is 5.02 Å². The lowest BCUT2D eigenvalue weighted by Gasteiger charge is -2.35. The molecule has 2 aromatic carbocycles. The summed E-state index contributed by atoms with van der Waals surface area (Å²) in [4.78, 5) is 2.51. The molecule has 24 heavy (non-hydrogen) atoms. The van der Waals surface area contributed by atoms with Gasteiger partial charge in [0.05, 0.1) is 13.2 Å². The minimum absolute atomic E-state index is 0.358. The summed E-state index contributed by atoms with van der Waals surface area (Å²) in [6.07, 6.45) is 0. The van der Waals surface area contributed by atoms with E-state index in [-0.39, 0.29) is 0 Å². The van der Waals surface area contributed by atoms with E-state index in [2.05, 4.69) is 47.5 Å². The van der Waals surface area contributed by atoms with Gasteiger partial charge in [-0.3, -0.25) is 4.90 Å². The summed E-state index contributed by atoms with van der Waals surface area (Å²) in [5, 5.41) is 4.41. The molecule has 0 aliphatic carbocycles. The molecule has 1 fully saturated rings. The summed E-state index contributed by atoms with van der Waals surface area (Å²) >= 11 is 6.26. The number of benzene rings is 2. The van der Waals surface area contributed by atoms with Gasteiger partial charge in [0, 0.05) is 37.2 Å². The normalized spacial score (nSPS) is 16.9. The molecule has 0 bridgehead atoms. The molecule has 0 saturated carbocycles. The average Bonchev–Trinajstić information content (AvgIpc) is 2.62. The third-order valence-electron chi connectivity index (χ3n) is 4.56. The van der Waals surface area contributed by atoms with Crippen LogP contribution < -0.4 is 5.32 Å². The molecule has 1 aliphatic rings. The van der Waals surface area contributed by atoms with Crippen molar-refractivity contribution >= 4 is 11.6 Å².